The Kier molecular flexibility index (Phi) is 4.81. The molecule has 0 spiro atoms. The van der Waals surface area contributed by atoms with Gasteiger partial charge in [-0.3, -0.25) is 4.79 Å². The van der Waals surface area contributed by atoms with Gasteiger partial charge in [0.15, 0.2) is 0 Å². The molecule has 1 unspecified atom stereocenters. The second kappa shape index (κ2) is 5.09. The number of carbonyl (C=O) groups excluding carboxylic acids is 1. The number of hydrogen-bond acceptors (Lipinski definition) is 4. The summed E-state index contributed by atoms with van der Waals surface area (Å²) in [6, 6.07) is 0. The number of nitrogens with zero attached hydrogens (tertiary/aromatic N) is 1. The molecule has 0 bridgehead atoms. The molecule has 0 aromatic rings. The van der Waals surface area contributed by atoms with E-state index in [1.54, 1.807) is 20.8 Å². The van der Waals surface area contributed by atoms with Crippen LogP contribution in [0.2, 0.25) is 0 Å². The first-order chi connectivity index (χ1) is 5.11. The molecular weight excluding hydrogens is 146 g/mol. The fourth-order valence-corrected chi connectivity index (χ4v) is 0.600. The molecule has 0 aromatic carbocycles. The van der Waals surface area contributed by atoms with E-state index in [9.17, 15) is 4.79 Å². The molecule has 0 aliphatic carbocycles. The van der Waals surface area contributed by atoms with Gasteiger partial charge in [0.25, 0.3) is 0 Å². The third-order valence-corrected chi connectivity index (χ3v) is 1.24. The van der Waals surface area contributed by atoms with E-state index in [2.05, 4.69) is 0 Å². The highest BCUT2D eigenvalue weighted by Crippen LogP contribution is 1.97. The van der Waals surface area contributed by atoms with Crippen LogP contribution in [0.4, 0.5) is 0 Å². The predicted molar refractivity (Wildman–Crippen MR) is 40.4 cm³/mol. The van der Waals surface area contributed by atoms with Crippen LogP contribution in [0.1, 0.15) is 27.2 Å². The first-order valence-electron chi connectivity index (χ1n) is 3.77. The number of hydrogen-bond donors (Lipinski definition) is 1. The summed E-state index contributed by atoms with van der Waals surface area (Å²) in [5, 5.41) is 10.2. The van der Waals surface area contributed by atoms with Gasteiger partial charge in [-0.2, -0.15) is 0 Å². The monoisotopic (exact) mass is 161 g/mol. The highest BCUT2D eigenvalue weighted by Gasteiger charge is 2.12. The number of hydroxylamine groups is 2. The average molecular weight is 161 g/mol. The maximum Gasteiger partial charge on any atom is 0.324 e. The van der Waals surface area contributed by atoms with Crippen LogP contribution in [0.3, 0.4) is 0 Å². The van der Waals surface area contributed by atoms with Crippen LogP contribution in [0.15, 0.2) is 0 Å². The molecule has 4 nitrogen and oxygen atoms in total. The van der Waals surface area contributed by atoms with Crippen molar-refractivity contribution in [3.05, 3.63) is 0 Å². The zero-order chi connectivity index (χ0) is 8.85. The van der Waals surface area contributed by atoms with Gasteiger partial charge in [0, 0.05) is 13.0 Å². The van der Waals surface area contributed by atoms with Gasteiger partial charge in [-0.15, -0.1) is 5.06 Å². The lowest BCUT2D eigenvalue weighted by Crippen LogP contribution is -2.34. The Balaban J connectivity index is 3.78. The van der Waals surface area contributed by atoms with Crippen molar-refractivity contribution in [3.63, 3.8) is 0 Å². The predicted octanol–water partition coefficient (Wildman–Crippen LogP) is 0.515. The standard InChI is InChI=1S/C7H15NO3/c1-4-7(10)11-8(5-2)6(3)9/h6,9H,4-5H2,1-3H3. The third-order valence-electron chi connectivity index (χ3n) is 1.24. The SMILES string of the molecule is CCC(=O)ON(CC)C(C)O. The number of carbonyl (C=O) groups is 1. The van der Waals surface area contributed by atoms with E-state index in [0.717, 1.165) is 0 Å². The van der Waals surface area contributed by atoms with Crippen LogP contribution in [0.5, 0.6) is 0 Å². The maximum absolute atomic E-state index is 10.7. The number of aliphatic hydroxyl groups excluding tert-OH is 1. The molecule has 0 saturated carbocycles. The van der Waals surface area contributed by atoms with Gasteiger partial charge in [-0.1, -0.05) is 6.92 Å². The van der Waals surface area contributed by atoms with E-state index < -0.39 is 6.23 Å². The Hall–Kier alpha value is -0.610. The highest BCUT2D eigenvalue weighted by molar-refractivity contribution is 5.68. The molecule has 0 fully saturated rings. The zero-order valence-corrected chi connectivity index (χ0v) is 7.20. The number of rotatable bonds is 4. The average Bonchev–Trinajstić information content (AvgIpc) is 1.99. The zero-order valence-electron chi connectivity index (χ0n) is 7.20. The summed E-state index contributed by atoms with van der Waals surface area (Å²) in [5.74, 6) is -0.326. The van der Waals surface area contributed by atoms with Crippen LogP contribution in [0, 0.1) is 0 Å². The molecule has 0 radical (unpaired) electrons. The molecule has 4 heteroatoms. The topological polar surface area (TPSA) is 49.8 Å². The van der Waals surface area contributed by atoms with Crippen molar-refractivity contribution in [2.75, 3.05) is 6.54 Å². The van der Waals surface area contributed by atoms with Gasteiger partial charge in [-0.25, -0.2) is 0 Å². The van der Waals surface area contributed by atoms with Crippen molar-refractivity contribution in [1.29, 1.82) is 0 Å². The van der Waals surface area contributed by atoms with Crippen LogP contribution in [0.25, 0.3) is 0 Å². The van der Waals surface area contributed by atoms with Gasteiger partial charge in [-0.05, 0) is 13.8 Å². The Labute approximate surface area is 66.7 Å². The van der Waals surface area contributed by atoms with Crippen molar-refractivity contribution < 1.29 is 14.7 Å². The molecule has 0 amide bonds. The van der Waals surface area contributed by atoms with Crippen LogP contribution < -0.4 is 0 Å². The fraction of sp³-hybridized carbons (Fsp3) is 0.857. The quantitative estimate of drug-likeness (QED) is 0.482. The van der Waals surface area contributed by atoms with Crippen LogP contribution >= 0.6 is 0 Å². The van der Waals surface area contributed by atoms with E-state index in [-0.39, 0.29) is 5.97 Å². The fourth-order valence-electron chi connectivity index (χ4n) is 0.600. The van der Waals surface area contributed by atoms with Gasteiger partial charge in [0.05, 0.1) is 0 Å². The Morgan fingerprint density at radius 1 is 1.64 bits per heavy atom. The van der Waals surface area contributed by atoms with Crippen molar-refractivity contribution in [1.82, 2.24) is 5.06 Å². The van der Waals surface area contributed by atoms with E-state index in [4.69, 9.17) is 9.94 Å². The normalized spacial score (nSPS) is 13.2. The minimum atomic E-state index is -0.740. The second-order valence-electron chi connectivity index (χ2n) is 2.18. The molecule has 0 aliphatic heterocycles. The van der Waals surface area contributed by atoms with Crippen molar-refractivity contribution in [2.24, 2.45) is 0 Å². The molecule has 0 heterocycles. The van der Waals surface area contributed by atoms with Gasteiger partial charge < -0.3 is 9.94 Å². The summed E-state index contributed by atoms with van der Waals surface area (Å²) in [6.07, 6.45) is -0.418. The van der Waals surface area contributed by atoms with E-state index >= 15 is 0 Å². The smallest absolute Gasteiger partial charge is 0.324 e. The highest BCUT2D eigenvalue weighted by atomic mass is 16.7. The molecule has 0 aliphatic rings. The summed E-state index contributed by atoms with van der Waals surface area (Å²) in [4.78, 5) is 15.5. The van der Waals surface area contributed by atoms with Crippen molar-refractivity contribution >= 4 is 5.97 Å². The van der Waals surface area contributed by atoms with E-state index in [1.807, 2.05) is 0 Å². The lowest BCUT2D eigenvalue weighted by Gasteiger charge is -2.21. The summed E-state index contributed by atoms with van der Waals surface area (Å²) >= 11 is 0. The molecule has 0 aromatic heterocycles. The van der Waals surface area contributed by atoms with E-state index in [0.29, 0.717) is 13.0 Å². The van der Waals surface area contributed by atoms with Crippen LogP contribution in [-0.2, 0) is 9.63 Å². The lowest BCUT2D eigenvalue weighted by molar-refractivity contribution is -0.227. The minimum absolute atomic E-state index is 0.323. The molecular formula is C7H15NO3. The van der Waals surface area contributed by atoms with Gasteiger partial charge >= 0.3 is 5.97 Å². The maximum atomic E-state index is 10.7. The Morgan fingerprint density at radius 2 is 2.18 bits per heavy atom. The summed E-state index contributed by atoms with van der Waals surface area (Å²) in [6.45, 7) is 5.55. The summed E-state index contributed by atoms with van der Waals surface area (Å²) in [5.41, 5.74) is 0. The van der Waals surface area contributed by atoms with Crippen molar-refractivity contribution in [3.8, 4) is 0 Å². The third kappa shape index (κ3) is 3.95. The molecule has 66 valence electrons. The molecule has 0 rings (SSSR count). The largest absolute Gasteiger partial charge is 0.376 e. The summed E-state index contributed by atoms with van der Waals surface area (Å²) < 4.78 is 0. The molecule has 0 saturated heterocycles. The Morgan fingerprint density at radius 3 is 2.45 bits per heavy atom. The van der Waals surface area contributed by atoms with Crippen LogP contribution in [-0.4, -0.2) is 28.9 Å². The first kappa shape index (κ1) is 10.4. The Bertz CT molecular complexity index is 125. The molecule has 11 heavy (non-hydrogen) atoms. The minimum Gasteiger partial charge on any atom is -0.376 e. The second-order valence-corrected chi connectivity index (χ2v) is 2.18. The lowest BCUT2D eigenvalue weighted by atomic mass is 10.5. The van der Waals surface area contributed by atoms with Gasteiger partial charge in [0.1, 0.15) is 6.23 Å². The van der Waals surface area contributed by atoms with Crippen molar-refractivity contribution in [2.45, 2.75) is 33.4 Å². The van der Waals surface area contributed by atoms with Gasteiger partial charge in [0.2, 0.25) is 0 Å². The van der Waals surface area contributed by atoms with E-state index in [1.165, 1.54) is 5.06 Å². The molecule has 1 N–H and O–H groups in total. The number of aliphatic hydroxyl groups is 1. The molecule has 1 atom stereocenters. The summed E-state index contributed by atoms with van der Waals surface area (Å²) in [7, 11) is 0. The first-order valence-corrected chi connectivity index (χ1v) is 3.77.